The summed E-state index contributed by atoms with van der Waals surface area (Å²) in [5.74, 6) is -0.294. The molecule has 0 aliphatic heterocycles. The van der Waals surface area contributed by atoms with Crippen LogP contribution >= 0.6 is 23.4 Å². The first-order chi connectivity index (χ1) is 15.9. The van der Waals surface area contributed by atoms with Crippen molar-refractivity contribution in [3.63, 3.8) is 0 Å². The number of nitrogens with one attached hydrogen (secondary N) is 2. The number of thioether (sulfide) groups is 1. The first kappa shape index (κ1) is 22.8. The molecule has 2 N–H and O–H groups in total. The van der Waals surface area contributed by atoms with E-state index in [-0.39, 0.29) is 17.6 Å². The molecule has 2 amide bonds. The van der Waals surface area contributed by atoms with E-state index in [9.17, 15) is 9.59 Å². The summed E-state index contributed by atoms with van der Waals surface area (Å²) in [7, 11) is 0. The summed E-state index contributed by atoms with van der Waals surface area (Å²) in [6, 6.07) is 16.9. The number of fused-ring (bicyclic) bond motifs is 1. The van der Waals surface area contributed by atoms with E-state index in [1.165, 1.54) is 17.3 Å². The van der Waals surface area contributed by atoms with E-state index in [2.05, 4.69) is 20.8 Å². The Kier molecular flexibility index (Phi) is 6.96. The monoisotopic (exact) mass is 479 g/mol. The van der Waals surface area contributed by atoms with Gasteiger partial charge in [-0.25, -0.2) is 0 Å². The fourth-order valence-corrected chi connectivity index (χ4v) is 4.13. The number of rotatable bonds is 7. The van der Waals surface area contributed by atoms with Crippen molar-refractivity contribution in [1.29, 1.82) is 0 Å². The second-order valence-electron chi connectivity index (χ2n) is 7.62. The van der Waals surface area contributed by atoms with Crippen LogP contribution in [0.3, 0.4) is 0 Å². The van der Waals surface area contributed by atoms with Crippen molar-refractivity contribution in [2.75, 3.05) is 11.1 Å². The summed E-state index contributed by atoms with van der Waals surface area (Å²) in [6.45, 7) is 4.39. The second kappa shape index (κ2) is 10.1. The van der Waals surface area contributed by atoms with Crippen LogP contribution in [0.4, 0.5) is 5.69 Å². The highest BCUT2D eigenvalue weighted by atomic mass is 35.5. The zero-order valence-electron chi connectivity index (χ0n) is 18.1. The van der Waals surface area contributed by atoms with Crippen LogP contribution in [0, 0.1) is 13.8 Å². The normalized spacial score (nSPS) is 10.9. The largest absolute Gasteiger partial charge is 0.348 e. The highest BCUT2D eigenvalue weighted by molar-refractivity contribution is 7.99. The van der Waals surface area contributed by atoms with Crippen molar-refractivity contribution >= 4 is 46.5 Å². The Bertz CT molecular complexity index is 1320. The minimum absolute atomic E-state index is 0.120. The van der Waals surface area contributed by atoms with Gasteiger partial charge in [-0.2, -0.15) is 0 Å². The molecule has 33 heavy (non-hydrogen) atoms. The van der Waals surface area contributed by atoms with Crippen molar-refractivity contribution < 1.29 is 9.59 Å². The average Bonchev–Trinajstić information content (AvgIpc) is 3.21. The Morgan fingerprint density at radius 3 is 2.52 bits per heavy atom. The van der Waals surface area contributed by atoms with Gasteiger partial charge in [-0.05, 0) is 49.2 Å². The summed E-state index contributed by atoms with van der Waals surface area (Å²) in [6.07, 6.45) is 1.68. The molecule has 0 aliphatic carbocycles. The quantitative estimate of drug-likeness (QED) is 0.376. The lowest BCUT2D eigenvalue weighted by atomic mass is 10.1. The predicted octanol–water partition coefficient (Wildman–Crippen LogP) is 4.66. The first-order valence-corrected chi connectivity index (χ1v) is 11.6. The molecule has 0 aliphatic rings. The molecule has 0 spiro atoms. The summed E-state index contributed by atoms with van der Waals surface area (Å²) >= 11 is 7.41. The van der Waals surface area contributed by atoms with E-state index in [4.69, 9.17) is 11.6 Å². The van der Waals surface area contributed by atoms with Crippen LogP contribution in [0.5, 0.6) is 0 Å². The molecule has 0 saturated carbocycles. The highest BCUT2D eigenvalue weighted by Gasteiger charge is 2.13. The number of aryl methyl sites for hydroxylation is 2. The van der Waals surface area contributed by atoms with E-state index in [0.29, 0.717) is 33.6 Å². The molecule has 9 heteroatoms. The maximum Gasteiger partial charge on any atom is 0.253 e. The van der Waals surface area contributed by atoms with Crippen LogP contribution < -0.4 is 10.6 Å². The fraction of sp³-hybridized carbons (Fsp3) is 0.167. The first-order valence-electron chi connectivity index (χ1n) is 10.3. The number of halogens is 1. The average molecular weight is 480 g/mol. The van der Waals surface area contributed by atoms with Crippen LogP contribution in [0.2, 0.25) is 5.02 Å². The van der Waals surface area contributed by atoms with Crippen LogP contribution in [0.25, 0.3) is 5.65 Å². The Balaban J connectivity index is 1.40. The lowest BCUT2D eigenvalue weighted by molar-refractivity contribution is -0.113. The van der Waals surface area contributed by atoms with Gasteiger partial charge in [0.1, 0.15) is 0 Å². The fourth-order valence-electron chi connectivity index (χ4n) is 3.13. The molecular weight excluding hydrogens is 458 g/mol. The number of nitrogens with zero attached hydrogens (tertiary/aromatic N) is 3. The Labute approximate surface area is 200 Å². The zero-order valence-corrected chi connectivity index (χ0v) is 19.7. The molecule has 0 bridgehead atoms. The molecule has 2 aromatic heterocycles. The van der Waals surface area contributed by atoms with Gasteiger partial charge in [0.25, 0.3) is 5.91 Å². The Hall–Kier alpha value is -3.36. The molecule has 0 unspecified atom stereocenters. The number of carbonyl (C=O) groups is 2. The molecule has 2 aromatic carbocycles. The third-order valence-electron chi connectivity index (χ3n) is 4.94. The summed E-state index contributed by atoms with van der Waals surface area (Å²) < 4.78 is 1.71. The number of amides is 2. The van der Waals surface area contributed by atoms with Gasteiger partial charge in [0, 0.05) is 12.7 Å². The molecule has 0 fully saturated rings. The SMILES string of the molecule is Cc1ccc(CNC(=O)c2ccc3nnc(SCC(=O)Nc4ccc(C)cc4Cl)n3c2)cc1. The van der Waals surface area contributed by atoms with Crippen LogP contribution in [-0.4, -0.2) is 32.2 Å². The van der Waals surface area contributed by atoms with Crippen LogP contribution in [-0.2, 0) is 11.3 Å². The van der Waals surface area contributed by atoms with Crippen molar-refractivity contribution in [3.8, 4) is 0 Å². The maximum absolute atomic E-state index is 12.6. The van der Waals surface area contributed by atoms with E-state index < -0.39 is 0 Å². The zero-order chi connectivity index (χ0) is 23.4. The molecule has 0 atom stereocenters. The van der Waals surface area contributed by atoms with Gasteiger partial charge in [0.05, 0.1) is 22.0 Å². The molecule has 2 heterocycles. The molecule has 0 saturated heterocycles. The number of aromatic nitrogens is 3. The summed E-state index contributed by atoms with van der Waals surface area (Å²) in [4.78, 5) is 25.0. The maximum atomic E-state index is 12.6. The third kappa shape index (κ3) is 5.71. The van der Waals surface area contributed by atoms with Crippen LogP contribution in [0.15, 0.2) is 66.0 Å². The second-order valence-corrected chi connectivity index (χ2v) is 8.97. The number of pyridine rings is 1. The number of carbonyl (C=O) groups excluding carboxylic acids is 2. The van der Waals surface area contributed by atoms with Gasteiger partial charge in [-0.3, -0.25) is 14.0 Å². The van der Waals surface area contributed by atoms with Gasteiger partial charge in [0.2, 0.25) is 5.91 Å². The molecule has 7 nitrogen and oxygen atoms in total. The molecule has 4 aromatic rings. The lowest BCUT2D eigenvalue weighted by Crippen LogP contribution is -2.23. The lowest BCUT2D eigenvalue weighted by Gasteiger charge is -2.08. The minimum atomic E-state index is -0.213. The Morgan fingerprint density at radius 1 is 1.00 bits per heavy atom. The van der Waals surface area contributed by atoms with Crippen molar-refractivity contribution in [2.45, 2.75) is 25.5 Å². The molecular formula is C24H22ClN5O2S. The van der Waals surface area contributed by atoms with Gasteiger partial charge >= 0.3 is 0 Å². The predicted molar refractivity (Wildman–Crippen MR) is 131 cm³/mol. The van der Waals surface area contributed by atoms with Crippen LogP contribution in [0.1, 0.15) is 27.0 Å². The topological polar surface area (TPSA) is 88.4 Å². The third-order valence-corrected chi connectivity index (χ3v) is 6.19. The summed E-state index contributed by atoms with van der Waals surface area (Å²) in [5.41, 5.74) is 4.84. The van der Waals surface area contributed by atoms with Gasteiger partial charge < -0.3 is 10.6 Å². The van der Waals surface area contributed by atoms with Gasteiger partial charge in [-0.1, -0.05) is 59.3 Å². The minimum Gasteiger partial charge on any atom is -0.348 e. The number of benzene rings is 2. The Morgan fingerprint density at radius 2 is 1.76 bits per heavy atom. The van der Waals surface area contributed by atoms with Crippen molar-refractivity contribution in [3.05, 3.63) is 88.1 Å². The highest BCUT2D eigenvalue weighted by Crippen LogP contribution is 2.24. The molecule has 168 valence electrons. The van der Waals surface area contributed by atoms with E-state index in [0.717, 1.165) is 11.1 Å². The van der Waals surface area contributed by atoms with E-state index in [1.807, 2.05) is 44.2 Å². The number of hydrogen-bond acceptors (Lipinski definition) is 5. The summed E-state index contributed by atoms with van der Waals surface area (Å²) in [5, 5.41) is 15.0. The van der Waals surface area contributed by atoms with Gasteiger partial charge in [0.15, 0.2) is 10.8 Å². The standard InChI is InChI=1S/C24H22ClN5O2S/c1-15-3-6-17(7-4-15)12-26-23(32)18-8-10-21-28-29-24(30(21)13-18)33-14-22(31)27-20-9-5-16(2)11-19(20)25/h3-11,13H,12,14H2,1-2H3,(H,26,32)(H,27,31). The number of anilines is 1. The smallest absolute Gasteiger partial charge is 0.253 e. The van der Waals surface area contributed by atoms with Crippen molar-refractivity contribution in [1.82, 2.24) is 19.9 Å². The van der Waals surface area contributed by atoms with Gasteiger partial charge in [-0.15, -0.1) is 10.2 Å². The number of hydrogen-bond donors (Lipinski definition) is 2. The van der Waals surface area contributed by atoms with E-state index in [1.54, 1.807) is 34.9 Å². The van der Waals surface area contributed by atoms with Crippen molar-refractivity contribution in [2.24, 2.45) is 0 Å². The van der Waals surface area contributed by atoms with E-state index >= 15 is 0 Å². The molecule has 4 rings (SSSR count). The molecule has 0 radical (unpaired) electrons.